The van der Waals surface area contributed by atoms with Gasteiger partial charge in [0, 0.05) is 12.1 Å². The van der Waals surface area contributed by atoms with Gasteiger partial charge in [-0.1, -0.05) is 50.1 Å². The molecule has 0 spiro atoms. The Morgan fingerprint density at radius 3 is 2.40 bits per heavy atom. The monoisotopic (exact) mass is 274 g/mol. The van der Waals surface area contributed by atoms with Gasteiger partial charge in [-0.3, -0.25) is 4.79 Å². The molecule has 3 heteroatoms. The zero-order valence-electron chi connectivity index (χ0n) is 12.5. The highest BCUT2D eigenvalue weighted by Crippen LogP contribution is 2.28. The predicted molar refractivity (Wildman–Crippen MR) is 82.1 cm³/mol. The minimum Gasteiger partial charge on any atom is -0.353 e. The Balaban J connectivity index is 1.91. The van der Waals surface area contributed by atoms with Crippen molar-refractivity contribution in [3.63, 3.8) is 0 Å². The van der Waals surface area contributed by atoms with E-state index in [1.54, 1.807) is 0 Å². The predicted octanol–water partition coefficient (Wildman–Crippen LogP) is 3.02. The second-order valence-electron chi connectivity index (χ2n) is 6.07. The van der Waals surface area contributed by atoms with Gasteiger partial charge in [0.2, 0.25) is 5.91 Å². The molecule has 0 radical (unpaired) electrons. The van der Waals surface area contributed by atoms with Crippen molar-refractivity contribution in [2.24, 2.45) is 17.6 Å². The maximum atomic E-state index is 12.3. The molecule has 1 aliphatic rings. The number of rotatable bonds is 5. The van der Waals surface area contributed by atoms with Crippen LogP contribution in [0.15, 0.2) is 30.3 Å². The summed E-state index contributed by atoms with van der Waals surface area (Å²) in [5.41, 5.74) is 7.23. The summed E-state index contributed by atoms with van der Waals surface area (Å²) in [6.45, 7) is 4.03. The molecule has 0 aromatic heterocycles. The molecule has 3 N–H and O–H groups in total. The average Bonchev–Trinajstić information content (AvgIpc) is 3.01. The Morgan fingerprint density at radius 2 is 1.80 bits per heavy atom. The van der Waals surface area contributed by atoms with Gasteiger partial charge in [0.25, 0.3) is 0 Å². The van der Waals surface area contributed by atoms with Gasteiger partial charge in [0.15, 0.2) is 0 Å². The summed E-state index contributed by atoms with van der Waals surface area (Å²) in [6, 6.07) is 9.86. The van der Waals surface area contributed by atoms with Gasteiger partial charge >= 0.3 is 0 Å². The molecule has 1 fully saturated rings. The van der Waals surface area contributed by atoms with Crippen LogP contribution in [-0.4, -0.2) is 11.9 Å². The fraction of sp³-hybridized carbons (Fsp3) is 0.588. The first-order valence-corrected chi connectivity index (χ1v) is 7.70. The minimum atomic E-state index is -0.244. The van der Waals surface area contributed by atoms with Crippen molar-refractivity contribution in [3.8, 4) is 0 Å². The molecule has 3 nitrogen and oxygen atoms in total. The molecule has 1 amide bonds. The van der Waals surface area contributed by atoms with Crippen molar-refractivity contribution in [1.29, 1.82) is 0 Å². The molecule has 110 valence electrons. The van der Waals surface area contributed by atoms with Crippen LogP contribution in [0.4, 0.5) is 0 Å². The fourth-order valence-electron chi connectivity index (χ4n) is 3.06. The van der Waals surface area contributed by atoms with E-state index in [0.717, 1.165) is 5.56 Å². The molecule has 20 heavy (non-hydrogen) atoms. The van der Waals surface area contributed by atoms with Gasteiger partial charge in [-0.05, 0) is 31.2 Å². The van der Waals surface area contributed by atoms with Crippen LogP contribution >= 0.6 is 0 Å². The third-order valence-corrected chi connectivity index (χ3v) is 4.61. The first-order valence-electron chi connectivity index (χ1n) is 7.70. The molecular formula is C17H26N2O. The Hall–Kier alpha value is -1.35. The summed E-state index contributed by atoms with van der Waals surface area (Å²) < 4.78 is 0. The van der Waals surface area contributed by atoms with Crippen LogP contribution < -0.4 is 11.1 Å². The van der Waals surface area contributed by atoms with Crippen LogP contribution in [0.1, 0.15) is 51.1 Å². The lowest BCUT2D eigenvalue weighted by atomic mass is 9.93. The Bertz CT molecular complexity index is 426. The number of amides is 1. The molecule has 1 aliphatic carbocycles. The average molecular weight is 274 g/mol. The number of hydrogen-bond donors (Lipinski definition) is 2. The van der Waals surface area contributed by atoms with E-state index in [1.165, 1.54) is 25.7 Å². The number of benzene rings is 1. The van der Waals surface area contributed by atoms with E-state index in [0.29, 0.717) is 5.92 Å². The second kappa shape index (κ2) is 6.89. The van der Waals surface area contributed by atoms with Crippen LogP contribution in [0.5, 0.6) is 0 Å². The highest BCUT2D eigenvalue weighted by molar-refractivity contribution is 5.79. The lowest BCUT2D eigenvalue weighted by Crippen LogP contribution is -2.42. The molecule has 1 aromatic carbocycles. The second-order valence-corrected chi connectivity index (χ2v) is 6.07. The lowest BCUT2D eigenvalue weighted by molar-refractivity contribution is -0.126. The molecule has 0 saturated heterocycles. The van der Waals surface area contributed by atoms with Crippen LogP contribution in [0, 0.1) is 11.8 Å². The van der Waals surface area contributed by atoms with E-state index in [2.05, 4.69) is 12.2 Å². The molecular weight excluding hydrogens is 248 g/mol. The van der Waals surface area contributed by atoms with Crippen molar-refractivity contribution in [2.75, 3.05) is 0 Å². The van der Waals surface area contributed by atoms with E-state index < -0.39 is 0 Å². The Labute approximate surface area is 121 Å². The zero-order chi connectivity index (χ0) is 14.5. The molecule has 2 rings (SSSR count). The summed E-state index contributed by atoms with van der Waals surface area (Å²) in [5, 5.41) is 3.15. The van der Waals surface area contributed by atoms with Crippen molar-refractivity contribution in [1.82, 2.24) is 5.32 Å². The van der Waals surface area contributed by atoms with Gasteiger partial charge in [0.1, 0.15) is 0 Å². The largest absolute Gasteiger partial charge is 0.353 e. The van der Waals surface area contributed by atoms with E-state index in [-0.39, 0.29) is 23.9 Å². The molecule has 1 aromatic rings. The number of nitrogens with one attached hydrogen (secondary N) is 1. The quantitative estimate of drug-likeness (QED) is 0.867. The van der Waals surface area contributed by atoms with Crippen molar-refractivity contribution in [2.45, 2.75) is 51.6 Å². The number of carbonyl (C=O) groups is 1. The van der Waals surface area contributed by atoms with E-state index in [4.69, 9.17) is 5.73 Å². The fourth-order valence-corrected chi connectivity index (χ4v) is 3.06. The standard InChI is InChI=1S/C17H26N2O/c1-12(16(18)15-10-4-3-5-11-15)17(20)19-13(2)14-8-6-7-9-14/h3-5,10-14,16H,6-9,18H2,1-2H3,(H,19,20)/t12?,13-,16?/m1/s1. The summed E-state index contributed by atoms with van der Waals surface area (Å²) in [4.78, 5) is 12.3. The van der Waals surface area contributed by atoms with Gasteiger partial charge in [-0.25, -0.2) is 0 Å². The van der Waals surface area contributed by atoms with Gasteiger partial charge in [-0.15, -0.1) is 0 Å². The number of hydrogen-bond acceptors (Lipinski definition) is 2. The summed E-state index contributed by atoms with van der Waals surface area (Å²) in [6.07, 6.45) is 5.06. The van der Waals surface area contributed by atoms with E-state index in [9.17, 15) is 4.79 Å². The Morgan fingerprint density at radius 1 is 1.20 bits per heavy atom. The zero-order valence-corrected chi connectivity index (χ0v) is 12.5. The topological polar surface area (TPSA) is 55.1 Å². The molecule has 0 aliphatic heterocycles. The normalized spacial score (nSPS) is 20.4. The third kappa shape index (κ3) is 3.60. The first kappa shape index (κ1) is 15.0. The third-order valence-electron chi connectivity index (χ3n) is 4.61. The smallest absolute Gasteiger partial charge is 0.224 e. The van der Waals surface area contributed by atoms with Crippen molar-refractivity contribution in [3.05, 3.63) is 35.9 Å². The van der Waals surface area contributed by atoms with E-state index >= 15 is 0 Å². The van der Waals surface area contributed by atoms with Crippen molar-refractivity contribution < 1.29 is 4.79 Å². The molecule has 0 bridgehead atoms. The number of nitrogens with two attached hydrogens (primary N) is 1. The van der Waals surface area contributed by atoms with Crippen LogP contribution in [0.25, 0.3) is 0 Å². The van der Waals surface area contributed by atoms with Gasteiger partial charge in [0.05, 0.1) is 5.92 Å². The molecule has 0 heterocycles. The molecule has 1 saturated carbocycles. The van der Waals surface area contributed by atoms with Gasteiger partial charge < -0.3 is 11.1 Å². The SMILES string of the molecule is CC(C(=O)N[C@H](C)C1CCCC1)C(N)c1ccccc1. The summed E-state index contributed by atoms with van der Waals surface area (Å²) in [5.74, 6) is 0.501. The van der Waals surface area contributed by atoms with Crippen molar-refractivity contribution >= 4 is 5.91 Å². The Kier molecular flexibility index (Phi) is 5.18. The van der Waals surface area contributed by atoms with Crippen LogP contribution in [-0.2, 0) is 4.79 Å². The van der Waals surface area contributed by atoms with Gasteiger partial charge in [-0.2, -0.15) is 0 Å². The highest BCUT2D eigenvalue weighted by atomic mass is 16.1. The van der Waals surface area contributed by atoms with Crippen LogP contribution in [0.2, 0.25) is 0 Å². The maximum Gasteiger partial charge on any atom is 0.224 e. The number of carbonyl (C=O) groups excluding carboxylic acids is 1. The minimum absolute atomic E-state index is 0.0701. The van der Waals surface area contributed by atoms with Crippen LogP contribution in [0.3, 0.4) is 0 Å². The summed E-state index contributed by atoms with van der Waals surface area (Å²) in [7, 11) is 0. The lowest BCUT2D eigenvalue weighted by Gasteiger charge is -2.25. The molecule has 2 unspecified atom stereocenters. The maximum absolute atomic E-state index is 12.3. The first-order chi connectivity index (χ1) is 9.59. The van der Waals surface area contributed by atoms with E-state index in [1.807, 2.05) is 37.3 Å². The highest BCUT2D eigenvalue weighted by Gasteiger charge is 2.27. The molecule has 3 atom stereocenters. The summed E-state index contributed by atoms with van der Waals surface area (Å²) >= 11 is 0.